The number of methoxy groups -OCH3 is 1. The molecule has 1 N–H and O–H groups in total. The molecule has 0 saturated heterocycles. The predicted molar refractivity (Wildman–Crippen MR) is 57.9 cm³/mol. The standard InChI is InChI=1S/C11H13ClO3/c1-6-4-7(2)9(12)8(5-6)10(13)11(14)15-3/h4-5,10,13H,1-3H3. The fourth-order valence-electron chi connectivity index (χ4n) is 1.42. The second-order valence-electron chi connectivity index (χ2n) is 3.41. The Bertz CT molecular complexity index is 388. The number of halogens is 1. The van der Waals surface area contributed by atoms with E-state index in [4.69, 9.17) is 11.6 Å². The highest BCUT2D eigenvalue weighted by Gasteiger charge is 2.21. The molecular formula is C11H13ClO3. The molecule has 0 saturated carbocycles. The number of aryl methyl sites for hydroxylation is 2. The lowest BCUT2D eigenvalue weighted by atomic mass is 10.0. The topological polar surface area (TPSA) is 46.5 Å². The van der Waals surface area contributed by atoms with E-state index >= 15 is 0 Å². The van der Waals surface area contributed by atoms with Gasteiger partial charge in [-0.25, -0.2) is 4.79 Å². The first-order chi connectivity index (χ1) is 6.97. The SMILES string of the molecule is COC(=O)C(O)c1cc(C)cc(C)c1Cl. The van der Waals surface area contributed by atoms with Gasteiger partial charge in [-0.05, 0) is 19.4 Å². The van der Waals surface area contributed by atoms with Crippen LogP contribution in [0, 0.1) is 13.8 Å². The molecule has 0 spiro atoms. The van der Waals surface area contributed by atoms with Crippen LogP contribution in [0.1, 0.15) is 22.8 Å². The highest BCUT2D eigenvalue weighted by Crippen LogP contribution is 2.28. The number of hydrogen-bond donors (Lipinski definition) is 1. The monoisotopic (exact) mass is 228 g/mol. The van der Waals surface area contributed by atoms with Gasteiger partial charge in [0.15, 0.2) is 6.10 Å². The van der Waals surface area contributed by atoms with Gasteiger partial charge < -0.3 is 9.84 Å². The van der Waals surface area contributed by atoms with E-state index in [0.29, 0.717) is 10.6 Å². The minimum Gasteiger partial charge on any atom is -0.467 e. The highest BCUT2D eigenvalue weighted by molar-refractivity contribution is 6.32. The van der Waals surface area contributed by atoms with E-state index in [0.717, 1.165) is 11.1 Å². The molecule has 82 valence electrons. The molecule has 0 amide bonds. The van der Waals surface area contributed by atoms with Crippen molar-refractivity contribution >= 4 is 17.6 Å². The van der Waals surface area contributed by atoms with Crippen LogP contribution >= 0.6 is 11.6 Å². The van der Waals surface area contributed by atoms with Crippen molar-refractivity contribution in [2.75, 3.05) is 7.11 Å². The van der Waals surface area contributed by atoms with Crippen molar-refractivity contribution in [3.05, 3.63) is 33.8 Å². The number of rotatable bonds is 2. The predicted octanol–water partition coefficient (Wildman–Crippen LogP) is 2.16. The van der Waals surface area contributed by atoms with Crippen LogP contribution in [0.5, 0.6) is 0 Å². The minimum absolute atomic E-state index is 0.390. The quantitative estimate of drug-likeness (QED) is 0.790. The summed E-state index contributed by atoms with van der Waals surface area (Å²) in [6.07, 6.45) is -1.32. The molecular weight excluding hydrogens is 216 g/mol. The zero-order chi connectivity index (χ0) is 11.6. The van der Waals surface area contributed by atoms with Crippen LogP contribution < -0.4 is 0 Å². The molecule has 0 aromatic heterocycles. The Hall–Kier alpha value is -1.06. The van der Waals surface area contributed by atoms with E-state index in [1.807, 2.05) is 19.9 Å². The van der Waals surface area contributed by atoms with Crippen molar-refractivity contribution in [2.45, 2.75) is 20.0 Å². The first kappa shape index (κ1) is 12.0. The summed E-state index contributed by atoms with van der Waals surface area (Å²) < 4.78 is 4.45. The fourth-order valence-corrected chi connectivity index (χ4v) is 1.63. The fraction of sp³-hybridized carbons (Fsp3) is 0.364. The van der Waals surface area contributed by atoms with Crippen molar-refractivity contribution in [3.63, 3.8) is 0 Å². The smallest absolute Gasteiger partial charge is 0.339 e. The van der Waals surface area contributed by atoms with Crippen molar-refractivity contribution in [1.29, 1.82) is 0 Å². The third kappa shape index (κ3) is 2.49. The van der Waals surface area contributed by atoms with Gasteiger partial charge in [0.05, 0.1) is 7.11 Å². The second kappa shape index (κ2) is 4.64. The van der Waals surface area contributed by atoms with Crippen LogP contribution in [0.3, 0.4) is 0 Å². The van der Waals surface area contributed by atoms with Crippen LogP contribution in [0.4, 0.5) is 0 Å². The van der Waals surface area contributed by atoms with E-state index in [-0.39, 0.29) is 0 Å². The zero-order valence-electron chi connectivity index (χ0n) is 8.87. The highest BCUT2D eigenvalue weighted by atomic mass is 35.5. The molecule has 0 heterocycles. The average Bonchev–Trinajstić information content (AvgIpc) is 2.21. The lowest BCUT2D eigenvalue weighted by Crippen LogP contribution is -2.14. The van der Waals surface area contributed by atoms with Crippen LogP contribution in [0.25, 0.3) is 0 Å². The second-order valence-corrected chi connectivity index (χ2v) is 3.79. The molecule has 0 aliphatic rings. The number of ether oxygens (including phenoxy) is 1. The average molecular weight is 229 g/mol. The molecule has 0 bridgehead atoms. The van der Waals surface area contributed by atoms with Gasteiger partial charge in [0.25, 0.3) is 0 Å². The van der Waals surface area contributed by atoms with Gasteiger partial charge in [0.1, 0.15) is 0 Å². The van der Waals surface area contributed by atoms with Gasteiger partial charge in [-0.15, -0.1) is 0 Å². The van der Waals surface area contributed by atoms with Gasteiger partial charge in [-0.1, -0.05) is 29.3 Å². The first-order valence-electron chi connectivity index (χ1n) is 4.50. The van der Waals surface area contributed by atoms with E-state index in [1.54, 1.807) is 6.07 Å². The van der Waals surface area contributed by atoms with E-state index < -0.39 is 12.1 Å². The third-order valence-electron chi connectivity index (χ3n) is 2.15. The molecule has 1 rings (SSSR count). The maximum Gasteiger partial charge on any atom is 0.339 e. The van der Waals surface area contributed by atoms with Crippen molar-refractivity contribution in [1.82, 2.24) is 0 Å². The van der Waals surface area contributed by atoms with Crippen molar-refractivity contribution < 1.29 is 14.6 Å². The summed E-state index contributed by atoms with van der Waals surface area (Å²) in [5.74, 6) is -0.707. The number of aliphatic hydroxyl groups is 1. The number of aliphatic hydroxyl groups excluding tert-OH is 1. The van der Waals surface area contributed by atoms with E-state index in [1.165, 1.54) is 7.11 Å². The van der Waals surface area contributed by atoms with Gasteiger partial charge in [-0.2, -0.15) is 0 Å². The maximum absolute atomic E-state index is 11.2. The van der Waals surface area contributed by atoms with Crippen molar-refractivity contribution in [3.8, 4) is 0 Å². The Balaban J connectivity index is 3.19. The number of carbonyl (C=O) groups excluding carboxylic acids is 1. The number of carbonyl (C=O) groups is 1. The van der Waals surface area contributed by atoms with Gasteiger partial charge >= 0.3 is 5.97 Å². The largest absolute Gasteiger partial charge is 0.467 e. The lowest BCUT2D eigenvalue weighted by molar-refractivity contribution is -0.150. The summed E-state index contributed by atoms with van der Waals surface area (Å²) in [5.41, 5.74) is 2.16. The van der Waals surface area contributed by atoms with Gasteiger partial charge in [0.2, 0.25) is 0 Å². The molecule has 0 aliphatic heterocycles. The summed E-state index contributed by atoms with van der Waals surface area (Å²) in [4.78, 5) is 11.2. The molecule has 0 radical (unpaired) electrons. The normalized spacial score (nSPS) is 12.3. The Morgan fingerprint density at radius 2 is 2.07 bits per heavy atom. The first-order valence-corrected chi connectivity index (χ1v) is 4.87. The summed E-state index contributed by atoms with van der Waals surface area (Å²) >= 11 is 5.99. The van der Waals surface area contributed by atoms with Gasteiger partial charge in [0, 0.05) is 10.6 Å². The molecule has 1 atom stereocenters. The molecule has 1 unspecified atom stereocenters. The summed E-state index contributed by atoms with van der Waals surface area (Å²) in [7, 11) is 1.22. The minimum atomic E-state index is -1.32. The molecule has 1 aromatic rings. The Kier molecular flexibility index (Phi) is 3.72. The Morgan fingerprint density at radius 1 is 1.47 bits per heavy atom. The number of benzene rings is 1. The lowest BCUT2D eigenvalue weighted by Gasteiger charge is -2.13. The van der Waals surface area contributed by atoms with Crippen molar-refractivity contribution in [2.24, 2.45) is 0 Å². The van der Waals surface area contributed by atoms with Crippen LogP contribution in [-0.2, 0) is 9.53 Å². The maximum atomic E-state index is 11.2. The summed E-state index contributed by atoms with van der Waals surface area (Å²) in [5, 5.41) is 10.1. The van der Waals surface area contributed by atoms with Crippen LogP contribution in [-0.4, -0.2) is 18.2 Å². The summed E-state index contributed by atoms with van der Waals surface area (Å²) in [6, 6.07) is 3.56. The molecule has 0 aliphatic carbocycles. The van der Waals surface area contributed by atoms with Gasteiger partial charge in [-0.3, -0.25) is 0 Å². The molecule has 15 heavy (non-hydrogen) atoms. The molecule has 3 nitrogen and oxygen atoms in total. The molecule has 1 aromatic carbocycles. The number of hydrogen-bond acceptors (Lipinski definition) is 3. The van der Waals surface area contributed by atoms with Crippen LogP contribution in [0.2, 0.25) is 5.02 Å². The van der Waals surface area contributed by atoms with Crippen LogP contribution in [0.15, 0.2) is 12.1 Å². The van der Waals surface area contributed by atoms with E-state index in [9.17, 15) is 9.90 Å². The zero-order valence-corrected chi connectivity index (χ0v) is 9.63. The molecule has 4 heteroatoms. The Labute approximate surface area is 93.6 Å². The Morgan fingerprint density at radius 3 is 2.60 bits per heavy atom. The van der Waals surface area contributed by atoms with E-state index in [2.05, 4.69) is 4.74 Å². The summed E-state index contributed by atoms with van der Waals surface area (Å²) in [6.45, 7) is 3.69. The number of esters is 1. The molecule has 0 fully saturated rings. The third-order valence-corrected chi connectivity index (χ3v) is 2.66.